The summed E-state index contributed by atoms with van der Waals surface area (Å²) in [7, 11) is -4.92. The van der Waals surface area contributed by atoms with Gasteiger partial charge in [-0.15, -0.1) is 0 Å². The molecule has 0 heterocycles. The molecule has 14 heteroatoms. The molecule has 1 aromatic rings. The lowest BCUT2D eigenvalue weighted by Crippen LogP contribution is -2.31. The Morgan fingerprint density at radius 3 is 1.50 bits per heavy atom. The summed E-state index contributed by atoms with van der Waals surface area (Å²) in [4.78, 5) is 23.3. The second-order valence-electron chi connectivity index (χ2n) is 7.01. The summed E-state index contributed by atoms with van der Waals surface area (Å²) in [6.45, 7) is -0.452. The fraction of sp³-hybridized carbons (Fsp3) is 0.556. The zero-order chi connectivity index (χ0) is 24.9. The van der Waals surface area contributed by atoms with Crippen LogP contribution in [0.3, 0.4) is 0 Å². The van der Waals surface area contributed by atoms with Gasteiger partial charge in [0.1, 0.15) is 12.2 Å². The highest BCUT2D eigenvalue weighted by Crippen LogP contribution is 2.22. The highest BCUT2D eigenvalue weighted by Gasteiger charge is 2.33. The van der Waals surface area contributed by atoms with Crippen LogP contribution in [0.15, 0.2) is 23.1 Å². The predicted octanol–water partition coefficient (Wildman–Crippen LogP) is 2.06. The molecule has 1 aromatic carbocycles. The number of carbonyl (C=O) groups is 2. The first-order valence-corrected chi connectivity index (χ1v) is 10.5. The van der Waals surface area contributed by atoms with E-state index in [9.17, 15) is 50.3 Å². The molecular formula is C18H22F4O9S. The Bertz CT molecular complexity index is 867. The van der Waals surface area contributed by atoms with E-state index in [0.717, 1.165) is 6.07 Å². The largest absolute Gasteiger partial charge is 0.462 e. The smallest absolute Gasteiger partial charge is 0.338 e. The second kappa shape index (κ2) is 10.6. The van der Waals surface area contributed by atoms with E-state index >= 15 is 0 Å². The van der Waals surface area contributed by atoms with Crippen LogP contribution in [-0.4, -0.2) is 72.4 Å². The summed E-state index contributed by atoms with van der Waals surface area (Å²) in [5, 5.41) is 18.5. The van der Waals surface area contributed by atoms with Crippen LogP contribution < -0.4 is 0 Å². The highest BCUT2D eigenvalue weighted by molar-refractivity contribution is 7.85. The summed E-state index contributed by atoms with van der Waals surface area (Å²) in [5.41, 5.74) is -1.16. The van der Waals surface area contributed by atoms with Crippen LogP contribution in [-0.2, 0) is 19.6 Å². The summed E-state index contributed by atoms with van der Waals surface area (Å²) < 4.78 is 93.1. The first-order valence-electron chi connectivity index (χ1n) is 9.01. The summed E-state index contributed by atoms with van der Waals surface area (Å²) in [6.07, 6.45) is -5.52. The number of ether oxygens (including phenoxy) is 2. The average Bonchev–Trinajstić information content (AvgIpc) is 2.64. The maximum Gasteiger partial charge on any atom is 0.338 e. The van der Waals surface area contributed by atoms with E-state index in [-0.39, 0.29) is 0 Å². The number of hydrogen-bond acceptors (Lipinski definition) is 8. The topological polar surface area (TPSA) is 147 Å². The quantitative estimate of drug-likeness (QED) is 0.241. The van der Waals surface area contributed by atoms with Crippen molar-refractivity contribution in [3.8, 4) is 0 Å². The van der Waals surface area contributed by atoms with Gasteiger partial charge in [-0.25, -0.2) is 27.2 Å². The van der Waals surface area contributed by atoms with Gasteiger partial charge in [0, 0.05) is 26.7 Å². The van der Waals surface area contributed by atoms with Crippen molar-refractivity contribution in [1.29, 1.82) is 0 Å². The SMILES string of the molecule is CC(F)(F)C(O)CCOC(=O)c1cc(C(=O)OCCC(O)C(C)(F)F)cc(S(=O)(=O)O)c1. The first kappa shape index (κ1) is 27.7. The Balaban J connectivity index is 2.96. The van der Waals surface area contributed by atoms with Crippen LogP contribution in [0.1, 0.15) is 47.4 Å². The van der Waals surface area contributed by atoms with E-state index in [2.05, 4.69) is 9.47 Å². The zero-order valence-corrected chi connectivity index (χ0v) is 17.7. The number of esters is 2. The predicted molar refractivity (Wildman–Crippen MR) is 99.3 cm³/mol. The number of aliphatic hydroxyl groups is 2. The van der Waals surface area contributed by atoms with Crippen LogP contribution in [0.5, 0.6) is 0 Å². The lowest BCUT2D eigenvalue weighted by atomic mass is 10.1. The van der Waals surface area contributed by atoms with Crippen molar-refractivity contribution in [1.82, 2.24) is 0 Å². The van der Waals surface area contributed by atoms with Crippen LogP contribution in [0.4, 0.5) is 17.6 Å². The van der Waals surface area contributed by atoms with Crippen molar-refractivity contribution >= 4 is 22.1 Å². The maximum atomic E-state index is 12.9. The second-order valence-corrected chi connectivity index (χ2v) is 8.44. The van der Waals surface area contributed by atoms with Crippen molar-refractivity contribution in [3.05, 3.63) is 29.3 Å². The Kier molecular flexibility index (Phi) is 9.15. The molecule has 0 spiro atoms. The van der Waals surface area contributed by atoms with Gasteiger partial charge >= 0.3 is 11.9 Å². The Morgan fingerprint density at radius 1 is 0.875 bits per heavy atom. The molecule has 32 heavy (non-hydrogen) atoms. The van der Waals surface area contributed by atoms with Crippen LogP contribution >= 0.6 is 0 Å². The molecule has 0 aliphatic rings. The van der Waals surface area contributed by atoms with E-state index in [1.54, 1.807) is 0 Å². The fourth-order valence-corrected chi connectivity index (χ4v) is 2.74. The molecule has 0 saturated carbocycles. The van der Waals surface area contributed by atoms with Crippen molar-refractivity contribution in [2.75, 3.05) is 13.2 Å². The normalized spacial score (nSPS) is 14.5. The van der Waals surface area contributed by atoms with Gasteiger partial charge in [0.15, 0.2) is 0 Å². The number of hydrogen-bond donors (Lipinski definition) is 3. The molecule has 0 amide bonds. The Morgan fingerprint density at radius 2 is 1.22 bits per heavy atom. The fourth-order valence-electron chi connectivity index (χ4n) is 2.18. The molecule has 182 valence electrons. The molecule has 2 atom stereocenters. The summed E-state index contributed by atoms with van der Waals surface area (Å²) >= 11 is 0. The van der Waals surface area contributed by atoms with Gasteiger partial charge in [0.2, 0.25) is 0 Å². The van der Waals surface area contributed by atoms with Gasteiger partial charge in [-0.3, -0.25) is 4.55 Å². The molecule has 0 bridgehead atoms. The highest BCUT2D eigenvalue weighted by atomic mass is 32.2. The maximum absolute atomic E-state index is 12.9. The number of benzene rings is 1. The number of alkyl halides is 4. The standard InChI is InChI=1S/C18H22F4O9S/c1-17(19,20)13(23)3-5-30-15(25)10-7-11(9-12(8-10)32(27,28)29)16(26)31-6-4-14(24)18(2,21)22/h7-9,13-14,23-24H,3-6H2,1-2H3,(H,27,28,29). The van der Waals surface area contributed by atoms with Gasteiger partial charge in [0.25, 0.3) is 22.0 Å². The number of rotatable bonds is 11. The summed E-state index contributed by atoms with van der Waals surface area (Å²) in [5.74, 6) is -9.44. The lowest BCUT2D eigenvalue weighted by molar-refractivity contribution is -0.101. The molecule has 0 aliphatic heterocycles. The molecule has 2 unspecified atom stereocenters. The molecule has 9 nitrogen and oxygen atoms in total. The Labute approximate surface area is 180 Å². The molecule has 0 aliphatic carbocycles. The van der Waals surface area contributed by atoms with Gasteiger partial charge in [-0.1, -0.05) is 0 Å². The zero-order valence-electron chi connectivity index (χ0n) is 16.9. The van der Waals surface area contributed by atoms with E-state index in [0.29, 0.717) is 26.0 Å². The monoisotopic (exact) mass is 490 g/mol. The summed E-state index contributed by atoms with van der Waals surface area (Å²) in [6, 6.07) is 2.08. The molecule has 0 radical (unpaired) electrons. The molecular weight excluding hydrogens is 468 g/mol. The van der Waals surface area contributed by atoms with Gasteiger partial charge in [-0.2, -0.15) is 8.42 Å². The van der Waals surface area contributed by atoms with Crippen molar-refractivity contribution in [2.45, 2.75) is 55.6 Å². The van der Waals surface area contributed by atoms with Crippen LogP contribution in [0, 0.1) is 0 Å². The molecule has 1 rings (SSSR count). The molecule has 0 aromatic heterocycles. The number of carbonyl (C=O) groups excluding carboxylic acids is 2. The van der Waals surface area contributed by atoms with E-state index < -0.39 is 88.2 Å². The van der Waals surface area contributed by atoms with Gasteiger partial charge < -0.3 is 19.7 Å². The van der Waals surface area contributed by atoms with Crippen molar-refractivity contribution in [2.24, 2.45) is 0 Å². The third-order valence-corrected chi connectivity index (χ3v) is 4.93. The molecule has 0 saturated heterocycles. The van der Waals surface area contributed by atoms with E-state index in [1.165, 1.54) is 0 Å². The minimum Gasteiger partial charge on any atom is -0.462 e. The van der Waals surface area contributed by atoms with E-state index in [4.69, 9.17) is 0 Å². The van der Waals surface area contributed by atoms with Crippen molar-refractivity contribution < 1.29 is 59.8 Å². The first-order chi connectivity index (χ1) is 14.4. The molecule has 3 N–H and O–H groups in total. The van der Waals surface area contributed by atoms with Gasteiger partial charge in [-0.05, 0) is 18.2 Å². The third-order valence-electron chi connectivity index (χ3n) is 4.09. The van der Waals surface area contributed by atoms with Crippen molar-refractivity contribution in [3.63, 3.8) is 0 Å². The third kappa shape index (κ3) is 8.68. The van der Waals surface area contributed by atoms with E-state index in [1.807, 2.05) is 0 Å². The number of aliphatic hydroxyl groups excluding tert-OH is 2. The van der Waals surface area contributed by atoms with Crippen LogP contribution in [0.2, 0.25) is 0 Å². The minimum absolute atomic E-state index is 0.452. The van der Waals surface area contributed by atoms with Gasteiger partial charge in [0.05, 0.1) is 29.2 Å². The minimum atomic E-state index is -4.92. The molecule has 0 fully saturated rings. The lowest BCUT2D eigenvalue weighted by Gasteiger charge is -2.18. The van der Waals surface area contributed by atoms with Crippen LogP contribution in [0.25, 0.3) is 0 Å². The average molecular weight is 490 g/mol. The number of halogens is 4. The Hall–Kier alpha value is -2.29.